The molecule has 1 aliphatic rings. The maximum Gasteiger partial charge on any atom is 0.149 e. The zero-order chi connectivity index (χ0) is 17.1. The van der Waals surface area contributed by atoms with Crippen molar-refractivity contribution in [2.75, 3.05) is 12.0 Å². The highest BCUT2D eigenvalue weighted by atomic mass is 32.2. The summed E-state index contributed by atoms with van der Waals surface area (Å²) in [5.41, 5.74) is 4.20. The number of aromatic nitrogens is 2. The fourth-order valence-electron chi connectivity index (χ4n) is 3.59. The average Bonchev–Trinajstić information content (AvgIpc) is 2.88. The minimum Gasteiger partial charge on any atom is -0.335 e. The minimum atomic E-state index is -3.17. The Bertz CT molecular complexity index is 1070. The number of hydrogen-bond acceptors (Lipinski definition) is 3. The molecule has 0 aliphatic carbocycles. The molecule has 0 spiro atoms. The van der Waals surface area contributed by atoms with Gasteiger partial charge in [0, 0.05) is 17.3 Å². The van der Waals surface area contributed by atoms with Gasteiger partial charge in [0.25, 0.3) is 0 Å². The summed E-state index contributed by atoms with van der Waals surface area (Å²) in [7, 11) is -3.17. The molecule has 0 fully saturated rings. The maximum atomic E-state index is 14.2. The molecule has 4 rings (SSSR count). The lowest BCUT2D eigenvalue weighted by Crippen LogP contribution is -2.25. The smallest absolute Gasteiger partial charge is 0.149 e. The maximum absolute atomic E-state index is 14.2. The number of sulfone groups is 1. The van der Waals surface area contributed by atoms with Crippen molar-refractivity contribution in [2.45, 2.75) is 19.4 Å². The van der Waals surface area contributed by atoms with Gasteiger partial charge in [-0.15, -0.1) is 0 Å². The van der Waals surface area contributed by atoms with E-state index in [-0.39, 0.29) is 17.6 Å². The molecule has 0 saturated heterocycles. The topological polar surface area (TPSA) is 52.0 Å². The molecule has 2 aromatic heterocycles. The Morgan fingerprint density at radius 1 is 1.29 bits per heavy atom. The Labute approximate surface area is 139 Å². The normalized spacial score (nSPS) is 16.9. The number of aryl methyl sites for hydroxylation is 1. The van der Waals surface area contributed by atoms with Gasteiger partial charge in [0.2, 0.25) is 0 Å². The zero-order valence-electron chi connectivity index (χ0n) is 13.5. The summed E-state index contributed by atoms with van der Waals surface area (Å²) in [4.78, 5) is 4.62. The molecule has 1 atom stereocenters. The van der Waals surface area contributed by atoms with E-state index in [2.05, 4.69) is 4.98 Å². The first-order chi connectivity index (χ1) is 11.3. The van der Waals surface area contributed by atoms with Crippen molar-refractivity contribution in [1.82, 2.24) is 9.55 Å². The number of nitrogens with zero attached hydrogens (tertiary/aromatic N) is 2. The quantitative estimate of drug-likeness (QED) is 0.717. The summed E-state index contributed by atoms with van der Waals surface area (Å²) in [6.45, 7) is 1.91. The molecule has 6 heteroatoms. The Kier molecular flexibility index (Phi) is 3.28. The lowest BCUT2D eigenvalue weighted by Gasteiger charge is -2.28. The molecule has 1 unspecified atom stereocenters. The van der Waals surface area contributed by atoms with Gasteiger partial charge < -0.3 is 4.57 Å². The molecule has 4 nitrogen and oxygen atoms in total. The molecular formula is C18H17FN2O2S. The van der Waals surface area contributed by atoms with E-state index < -0.39 is 9.84 Å². The number of halogens is 1. The van der Waals surface area contributed by atoms with E-state index in [1.54, 1.807) is 12.1 Å². The molecule has 3 heterocycles. The summed E-state index contributed by atoms with van der Waals surface area (Å²) in [5, 5.41) is 0.502. The summed E-state index contributed by atoms with van der Waals surface area (Å²) in [5.74, 6) is -0.283. The van der Waals surface area contributed by atoms with E-state index in [1.807, 2.05) is 29.7 Å². The van der Waals surface area contributed by atoms with Gasteiger partial charge in [0.15, 0.2) is 0 Å². The van der Waals surface area contributed by atoms with Crippen molar-refractivity contribution >= 4 is 20.7 Å². The van der Waals surface area contributed by atoms with E-state index in [9.17, 15) is 12.8 Å². The molecule has 124 valence electrons. The average molecular weight is 344 g/mol. The monoisotopic (exact) mass is 344 g/mol. The molecule has 0 bridgehead atoms. The zero-order valence-corrected chi connectivity index (χ0v) is 14.3. The van der Waals surface area contributed by atoms with Gasteiger partial charge in [-0.1, -0.05) is 12.1 Å². The van der Waals surface area contributed by atoms with Crippen LogP contribution in [0.5, 0.6) is 0 Å². The largest absolute Gasteiger partial charge is 0.335 e. The highest BCUT2D eigenvalue weighted by molar-refractivity contribution is 7.90. The van der Waals surface area contributed by atoms with Gasteiger partial charge in [-0.05, 0) is 43.2 Å². The summed E-state index contributed by atoms with van der Waals surface area (Å²) in [6.07, 6.45) is 1.81. The highest BCUT2D eigenvalue weighted by Crippen LogP contribution is 2.39. The van der Waals surface area contributed by atoms with Gasteiger partial charge in [-0.25, -0.2) is 12.8 Å². The van der Waals surface area contributed by atoms with Crippen LogP contribution in [0.3, 0.4) is 0 Å². The van der Waals surface area contributed by atoms with Crippen molar-refractivity contribution in [3.05, 3.63) is 53.5 Å². The Morgan fingerprint density at radius 2 is 2.08 bits per heavy atom. The van der Waals surface area contributed by atoms with Crippen LogP contribution in [0.1, 0.15) is 17.3 Å². The first kappa shape index (κ1) is 15.3. The van der Waals surface area contributed by atoms with Crippen LogP contribution >= 0.6 is 0 Å². The van der Waals surface area contributed by atoms with Crippen molar-refractivity contribution < 1.29 is 12.8 Å². The third-order valence-electron chi connectivity index (χ3n) is 4.51. The van der Waals surface area contributed by atoms with Crippen molar-refractivity contribution in [3.63, 3.8) is 0 Å². The third kappa shape index (κ3) is 2.41. The second-order valence-electron chi connectivity index (χ2n) is 6.48. The molecule has 0 N–H and O–H groups in total. The van der Waals surface area contributed by atoms with Crippen LogP contribution in [0.2, 0.25) is 0 Å². The first-order valence-corrected chi connectivity index (χ1v) is 9.83. The van der Waals surface area contributed by atoms with Crippen molar-refractivity contribution in [3.8, 4) is 11.4 Å². The molecular weight excluding hydrogens is 327 g/mol. The van der Waals surface area contributed by atoms with Crippen LogP contribution in [0.4, 0.5) is 4.39 Å². The Hall–Kier alpha value is -2.21. The summed E-state index contributed by atoms with van der Waals surface area (Å²) >= 11 is 0. The predicted molar refractivity (Wildman–Crippen MR) is 92.3 cm³/mol. The molecule has 3 aromatic rings. The van der Waals surface area contributed by atoms with Crippen molar-refractivity contribution in [2.24, 2.45) is 0 Å². The Morgan fingerprint density at radius 3 is 2.83 bits per heavy atom. The lowest BCUT2D eigenvalue weighted by atomic mass is 9.98. The van der Waals surface area contributed by atoms with Crippen LogP contribution < -0.4 is 0 Å². The van der Waals surface area contributed by atoms with Gasteiger partial charge in [0.1, 0.15) is 15.7 Å². The SMILES string of the molecule is Cc1ccc2c(n1)-c1cc3c(F)cccc3n1C(CS(C)(=O)=O)C2. The fourth-order valence-corrected chi connectivity index (χ4v) is 4.56. The second-order valence-corrected chi connectivity index (χ2v) is 8.67. The molecule has 24 heavy (non-hydrogen) atoms. The minimum absolute atomic E-state index is 0.0214. The Balaban J connectivity index is 2.04. The molecule has 0 amide bonds. The fraction of sp³-hybridized carbons (Fsp3) is 0.278. The molecule has 0 saturated carbocycles. The predicted octanol–water partition coefficient (Wildman–Crippen LogP) is 3.29. The third-order valence-corrected chi connectivity index (χ3v) is 5.50. The van der Waals surface area contributed by atoms with E-state index in [4.69, 9.17) is 0 Å². The number of benzene rings is 1. The van der Waals surface area contributed by atoms with Crippen LogP contribution in [0.15, 0.2) is 36.4 Å². The van der Waals surface area contributed by atoms with Gasteiger partial charge >= 0.3 is 0 Å². The molecule has 1 aliphatic heterocycles. The summed E-state index contributed by atoms with van der Waals surface area (Å²) in [6, 6.07) is 10.3. The highest BCUT2D eigenvalue weighted by Gasteiger charge is 2.30. The number of pyridine rings is 1. The van der Waals surface area contributed by atoms with E-state index in [0.29, 0.717) is 17.3 Å². The molecule has 0 radical (unpaired) electrons. The van der Waals surface area contributed by atoms with Crippen LogP contribution in [0, 0.1) is 12.7 Å². The number of hydrogen-bond donors (Lipinski definition) is 0. The van der Waals surface area contributed by atoms with Crippen LogP contribution in [0.25, 0.3) is 22.3 Å². The first-order valence-electron chi connectivity index (χ1n) is 7.77. The van der Waals surface area contributed by atoms with Gasteiger partial charge in [-0.2, -0.15) is 0 Å². The van der Waals surface area contributed by atoms with E-state index in [0.717, 1.165) is 22.6 Å². The number of fused-ring (bicyclic) bond motifs is 5. The van der Waals surface area contributed by atoms with E-state index >= 15 is 0 Å². The van der Waals surface area contributed by atoms with Crippen LogP contribution in [-0.2, 0) is 16.3 Å². The van der Waals surface area contributed by atoms with Gasteiger partial charge in [0.05, 0.1) is 28.7 Å². The number of rotatable bonds is 2. The van der Waals surface area contributed by atoms with E-state index in [1.165, 1.54) is 12.3 Å². The van der Waals surface area contributed by atoms with Crippen molar-refractivity contribution in [1.29, 1.82) is 0 Å². The molecule has 1 aromatic carbocycles. The van der Waals surface area contributed by atoms with Gasteiger partial charge in [-0.3, -0.25) is 4.98 Å². The standard InChI is InChI=1S/C18H17FN2O2S/c1-11-6-7-12-8-13(10-24(2,22)23)21-16-5-3-4-15(19)14(16)9-17(21)18(12)20-11/h3-7,9,13H,8,10H2,1-2H3. The lowest BCUT2D eigenvalue weighted by molar-refractivity contribution is 0.533. The summed E-state index contributed by atoms with van der Waals surface area (Å²) < 4.78 is 40.0. The second kappa shape index (κ2) is 5.14. The van der Waals surface area contributed by atoms with Crippen LogP contribution in [-0.4, -0.2) is 30.0 Å².